The number of aliphatic hydroxyl groups excluding tert-OH is 1. The molecule has 2 rings (SSSR count). The van der Waals surface area contributed by atoms with E-state index in [1.54, 1.807) is 0 Å². The van der Waals surface area contributed by atoms with Crippen molar-refractivity contribution in [2.75, 3.05) is 13.2 Å². The summed E-state index contributed by atoms with van der Waals surface area (Å²) < 4.78 is 0. The maximum atomic E-state index is 9.20. The Balaban J connectivity index is 2.07. The minimum atomic E-state index is 0.151. The van der Waals surface area contributed by atoms with Crippen LogP contribution >= 0.6 is 0 Å². The van der Waals surface area contributed by atoms with E-state index in [1.807, 2.05) is 18.3 Å². The highest BCUT2D eigenvalue weighted by molar-refractivity contribution is 5.05. The second-order valence-electron chi connectivity index (χ2n) is 5.75. The van der Waals surface area contributed by atoms with Crippen LogP contribution in [0.4, 0.5) is 0 Å². The summed E-state index contributed by atoms with van der Waals surface area (Å²) in [5.41, 5.74) is 1.29. The van der Waals surface area contributed by atoms with Crippen molar-refractivity contribution in [1.82, 2.24) is 9.88 Å². The summed E-state index contributed by atoms with van der Waals surface area (Å²) in [5, 5.41) is 9.20. The van der Waals surface area contributed by atoms with Crippen molar-refractivity contribution in [1.29, 1.82) is 0 Å². The second-order valence-corrected chi connectivity index (χ2v) is 5.75. The first-order valence-electron chi connectivity index (χ1n) is 6.90. The van der Waals surface area contributed by atoms with Crippen molar-refractivity contribution in [3.63, 3.8) is 0 Å². The SMILES string of the molecule is CC1(C)C(CCO)CCCN1Cc1ccccn1. The molecule has 0 aromatic carbocycles. The number of aromatic nitrogens is 1. The molecule has 2 heterocycles. The van der Waals surface area contributed by atoms with Crippen LogP contribution < -0.4 is 0 Å². The number of hydrogen-bond donors (Lipinski definition) is 1. The molecule has 18 heavy (non-hydrogen) atoms. The lowest BCUT2D eigenvalue weighted by Crippen LogP contribution is -2.52. The van der Waals surface area contributed by atoms with Crippen LogP contribution in [0.3, 0.4) is 0 Å². The van der Waals surface area contributed by atoms with E-state index >= 15 is 0 Å². The highest BCUT2D eigenvalue weighted by Crippen LogP contribution is 2.36. The van der Waals surface area contributed by atoms with Gasteiger partial charge in [-0.2, -0.15) is 0 Å². The molecule has 0 spiro atoms. The molecule has 100 valence electrons. The predicted molar refractivity (Wildman–Crippen MR) is 73.2 cm³/mol. The molecule has 0 amide bonds. The fourth-order valence-electron chi connectivity index (χ4n) is 3.05. The Morgan fingerprint density at radius 3 is 2.94 bits per heavy atom. The Morgan fingerprint density at radius 1 is 1.44 bits per heavy atom. The normalized spacial score (nSPS) is 24.1. The third-order valence-electron chi connectivity index (χ3n) is 4.35. The van der Waals surface area contributed by atoms with Crippen LogP contribution in [0.5, 0.6) is 0 Å². The van der Waals surface area contributed by atoms with Crippen molar-refractivity contribution in [3.8, 4) is 0 Å². The Labute approximate surface area is 110 Å². The number of aliphatic hydroxyl groups is 1. The van der Waals surface area contributed by atoms with Crippen LogP contribution in [0.2, 0.25) is 0 Å². The standard InChI is InChI=1S/C15H24N2O/c1-15(2)13(8-11-18)6-5-10-17(15)12-14-7-3-4-9-16-14/h3-4,7,9,13,18H,5-6,8,10-12H2,1-2H3. The summed E-state index contributed by atoms with van der Waals surface area (Å²) in [6.45, 7) is 6.94. The molecule has 1 atom stereocenters. The van der Waals surface area contributed by atoms with Crippen LogP contribution in [0.25, 0.3) is 0 Å². The first-order chi connectivity index (χ1) is 8.64. The molecule has 0 aliphatic carbocycles. The fraction of sp³-hybridized carbons (Fsp3) is 0.667. The van der Waals surface area contributed by atoms with E-state index in [0.717, 1.165) is 25.2 Å². The van der Waals surface area contributed by atoms with Crippen LogP contribution in [0.1, 0.15) is 38.8 Å². The van der Waals surface area contributed by atoms with E-state index in [1.165, 1.54) is 12.8 Å². The van der Waals surface area contributed by atoms with E-state index < -0.39 is 0 Å². The largest absolute Gasteiger partial charge is 0.396 e. The molecule has 1 unspecified atom stereocenters. The first kappa shape index (κ1) is 13.5. The molecule has 1 aliphatic rings. The maximum Gasteiger partial charge on any atom is 0.0544 e. The van der Waals surface area contributed by atoms with Gasteiger partial charge in [0.1, 0.15) is 0 Å². The zero-order valence-corrected chi connectivity index (χ0v) is 11.5. The van der Waals surface area contributed by atoms with Crippen molar-refractivity contribution < 1.29 is 5.11 Å². The van der Waals surface area contributed by atoms with Gasteiger partial charge in [-0.3, -0.25) is 9.88 Å². The smallest absolute Gasteiger partial charge is 0.0544 e. The highest BCUT2D eigenvalue weighted by Gasteiger charge is 2.37. The Morgan fingerprint density at radius 2 is 2.28 bits per heavy atom. The third-order valence-corrected chi connectivity index (χ3v) is 4.35. The molecule has 1 saturated heterocycles. The number of likely N-dealkylation sites (tertiary alicyclic amines) is 1. The lowest BCUT2D eigenvalue weighted by molar-refractivity contribution is 0.00385. The average Bonchev–Trinajstić information content (AvgIpc) is 2.36. The van der Waals surface area contributed by atoms with Gasteiger partial charge in [0.05, 0.1) is 5.69 Å². The lowest BCUT2D eigenvalue weighted by Gasteiger charge is -2.48. The van der Waals surface area contributed by atoms with Crippen LogP contribution in [-0.2, 0) is 6.54 Å². The molecule has 1 aliphatic heterocycles. The monoisotopic (exact) mass is 248 g/mol. The van der Waals surface area contributed by atoms with Gasteiger partial charge in [-0.05, 0) is 57.7 Å². The minimum absolute atomic E-state index is 0.151. The molecule has 0 radical (unpaired) electrons. The molecule has 1 N–H and O–H groups in total. The number of piperidine rings is 1. The quantitative estimate of drug-likeness (QED) is 0.889. The zero-order valence-electron chi connectivity index (χ0n) is 11.5. The molecular formula is C15H24N2O. The average molecular weight is 248 g/mol. The van der Waals surface area contributed by atoms with Gasteiger partial charge >= 0.3 is 0 Å². The number of rotatable bonds is 4. The fourth-order valence-corrected chi connectivity index (χ4v) is 3.05. The number of nitrogens with zero attached hydrogens (tertiary/aromatic N) is 2. The molecule has 0 saturated carbocycles. The van der Waals surface area contributed by atoms with Gasteiger partial charge in [-0.1, -0.05) is 6.07 Å². The molecule has 3 nitrogen and oxygen atoms in total. The van der Waals surface area contributed by atoms with Crippen molar-refractivity contribution in [2.45, 2.75) is 45.2 Å². The van der Waals surface area contributed by atoms with Crippen LogP contribution in [-0.4, -0.2) is 33.7 Å². The molecule has 0 bridgehead atoms. The van der Waals surface area contributed by atoms with E-state index in [-0.39, 0.29) is 5.54 Å². The summed E-state index contributed by atoms with van der Waals surface area (Å²) in [6, 6.07) is 6.09. The summed E-state index contributed by atoms with van der Waals surface area (Å²) in [7, 11) is 0. The summed E-state index contributed by atoms with van der Waals surface area (Å²) >= 11 is 0. The minimum Gasteiger partial charge on any atom is -0.396 e. The van der Waals surface area contributed by atoms with Gasteiger partial charge in [-0.15, -0.1) is 0 Å². The molecule has 1 fully saturated rings. The zero-order chi connectivity index (χ0) is 13.0. The summed E-state index contributed by atoms with van der Waals surface area (Å²) in [5.74, 6) is 0.583. The Bertz CT molecular complexity index is 362. The van der Waals surface area contributed by atoms with Gasteiger partial charge < -0.3 is 5.11 Å². The van der Waals surface area contributed by atoms with E-state index in [2.05, 4.69) is 29.8 Å². The molecule has 1 aromatic heterocycles. The first-order valence-corrected chi connectivity index (χ1v) is 6.90. The van der Waals surface area contributed by atoms with Crippen molar-refractivity contribution >= 4 is 0 Å². The van der Waals surface area contributed by atoms with Crippen molar-refractivity contribution in [3.05, 3.63) is 30.1 Å². The number of pyridine rings is 1. The van der Waals surface area contributed by atoms with Gasteiger partial charge in [0.15, 0.2) is 0 Å². The van der Waals surface area contributed by atoms with Crippen LogP contribution in [0.15, 0.2) is 24.4 Å². The topological polar surface area (TPSA) is 36.4 Å². The summed E-state index contributed by atoms with van der Waals surface area (Å²) in [6.07, 6.45) is 5.22. The van der Waals surface area contributed by atoms with Crippen LogP contribution in [0, 0.1) is 5.92 Å². The maximum absolute atomic E-state index is 9.20. The van der Waals surface area contributed by atoms with E-state index in [4.69, 9.17) is 0 Å². The Kier molecular flexibility index (Phi) is 4.36. The number of hydrogen-bond acceptors (Lipinski definition) is 3. The van der Waals surface area contributed by atoms with Crippen molar-refractivity contribution in [2.24, 2.45) is 5.92 Å². The third kappa shape index (κ3) is 2.90. The van der Waals surface area contributed by atoms with Gasteiger partial charge in [0.2, 0.25) is 0 Å². The summed E-state index contributed by atoms with van der Waals surface area (Å²) in [4.78, 5) is 6.93. The van der Waals surface area contributed by atoms with Gasteiger partial charge in [0.25, 0.3) is 0 Å². The molecule has 3 heteroatoms. The van der Waals surface area contributed by atoms with Gasteiger partial charge in [-0.25, -0.2) is 0 Å². The van der Waals surface area contributed by atoms with E-state index in [0.29, 0.717) is 12.5 Å². The highest BCUT2D eigenvalue weighted by atomic mass is 16.3. The predicted octanol–water partition coefficient (Wildman–Crippen LogP) is 2.45. The lowest BCUT2D eigenvalue weighted by atomic mass is 9.77. The Hall–Kier alpha value is -0.930. The van der Waals surface area contributed by atoms with Gasteiger partial charge in [0, 0.05) is 24.9 Å². The van der Waals surface area contributed by atoms with E-state index in [9.17, 15) is 5.11 Å². The molecule has 1 aromatic rings. The molecular weight excluding hydrogens is 224 g/mol. The second kappa shape index (κ2) is 5.81.